The van der Waals surface area contributed by atoms with Crippen molar-refractivity contribution in [3.8, 4) is 0 Å². The van der Waals surface area contributed by atoms with E-state index in [1.54, 1.807) is 30.2 Å². The number of H-pyrrole nitrogens is 1. The molecule has 0 atom stereocenters. The lowest BCUT2D eigenvalue weighted by Gasteiger charge is -2.16. The van der Waals surface area contributed by atoms with Crippen LogP contribution in [0.5, 0.6) is 0 Å². The minimum atomic E-state index is -0.230. The number of thiazole rings is 1. The summed E-state index contributed by atoms with van der Waals surface area (Å²) in [7, 11) is 1.73. The van der Waals surface area contributed by atoms with Crippen LogP contribution in [-0.2, 0) is 24.2 Å². The van der Waals surface area contributed by atoms with Crippen molar-refractivity contribution in [2.45, 2.75) is 33.2 Å². The van der Waals surface area contributed by atoms with Crippen LogP contribution >= 0.6 is 11.3 Å². The van der Waals surface area contributed by atoms with Crippen molar-refractivity contribution in [3.05, 3.63) is 56.7 Å². The molecule has 3 rings (SSSR count). The van der Waals surface area contributed by atoms with E-state index in [9.17, 15) is 9.59 Å². The number of hydrogen-bond donors (Lipinski definition) is 1. The number of rotatable bonds is 5. The molecule has 1 amide bonds. The lowest BCUT2D eigenvalue weighted by molar-refractivity contribution is -0.129. The van der Waals surface area contributed by atoms with Crippen LogP contribution in [0.25, 0.3) is 10.2 Å². The number of benzene rings is 1. The van der Waals surface area contributed by atoms with Crippen LogP contribution in [0.3, 0.4) is 0 Å². The molecule has 130 valence electrons. The Kier molecular flexibility index (Phi) is 4.94. The number of nitrogens with one attached hydrogen (secondary N) is 1. The Morgan fingerprint density at radius 1 is 1.28 bits per heavy atom. The summed E-state index contributed by atoms with van der Waals surface area (Å²) in [4.78, 5) is 37.9. The van der Waals surface area contributed by atoms with Gasteiger partial charge in [0.2, 0.25) is 5.91 Å². The van der Waals surface area contributed by atoms with E-state index in [1.807, 2.05) is 31.2 Å². The second-order valence-corrected chi connectivity index (χ2v) is 7.05. The number of likely N-dealkylation sites (N-methyl/N-ethyl adjacent to an activating group) is 1. The summed E-state index contributed by atoms with van der Waals surface area (Å²) in [5.41, 5.74) is 1.75. The average Bonchev–Trinajstić information content (AvgIpc) is 2.99. The SMILES string of the molecule is CCc1nc(C)c(CC(=O)N(C)Cc2nc3ccccc3s2)c(=O)[nH]1. The number of amides is 1. The maximum absolute atomic E-state index is 12.5. The van der Waals surface area contributed by atoms with Crippen molar-refractivity contribution in [3.63, 3.8) is 0 Å². The highest BCUT2D eigenvalue weighted by atomic mass is 32.1. The normalized spacial score (nSPS) is 11.0. The van der Waals surface area contributed by atoms with Gasteiger partial charge >= 0.3 is 0 Å². The van der Waals surface area contributed by atoms with Gasteiger partial charge in [-0.25, -0.2) is 9.97 Å². The summed E-state index contributed by atoms with van der Waals surface area (Å²) < 4.78 is 1.10. The number of hydrogen-bond acceptors (Lipinski definition) is 5. The maximum atomic E-state index is 12.5. The van der Waals surface area contributed by atoms with Gasteiger partial charge in [-0.05, 0) is 19.1 Å². The van der Waals surface area contributed by atoms with Gasteiger partial charge < -0.3 is 9.88 Å². The van der Waals surface area contributed by atoms with Gasteiger partial charge in [0, 0.05) is 24.7 Å². The van der Waals surface area contributed by atoms with E-state index < -0.39 is 0 Å². The zero-order valence-corrected chi connectivity index (χ0v) is 15.3. The Balaban J connectivity index is 1.73. The molecule has 1 aromatic carbocycles. The topological polar surface area (TPSA) is 79.0 Å². The number of carbonyl (C=O) groups is 1. The Morgan fingerprint density at radius 3 is 2.72 bits per heavy atom. The Hall–Kier alpha value is -2.54. The van der Waals surface area contributed by atoms with Crippen LogP contribution in [0.1, 0.15) is 29.0 Å². The summed E-state index contributed by atoms with van der Waals surface area (Å²) in [6.07, 6.45) is 0.696. The molecule has 0 aliphatic carbocycles. The molecule has 25 heavy (non-hydrogen) atoms. The largest absolute Gasteiger partial charge is 0.339 e. The molecule has 1 N–H and O–H groups in total. The van der Waals surface area contributed by atoms with Gasteiger partial charge in [0.05, 0.1) is 23.2 Å². The van der Waals surface area contributed by atoms with Gasteiger partial charge in [-0.2, -0.15) is 0 Å². The minimum Gasteiger partial charge on any atom is -0.339 e. The molecule has 0 aliphatic heterocycles. The van der Waals surface area contributed by atoms with Gasteiger partial charge in [-0.1, -0.05) is 19.1 Å². The highest BCUT2D eigenvalue weighted by Gasteiger charge is 2.17. The molecule has 0 saturated heterocycles. The first-order valence-electron chi connectivity index (χ1n) is 8.15. The molecule has 7 heteroatoms. The lowest BCUT2D eigenvalue weighted by atomic mass is 10.1. The van der Waals surface area contributed by atoms with Crippen molar-refractivity contribution < 1.29 is 4.79 Å². The predicted octanol–water partition coefficient (Wildman–Crippen LogP) is 2.45. The van der Waals surface area contributed by atoms with Crippen LogP contribution in [-0.4, -0.2) is 32.8 Å². The summed E-state index contributed by atoms with van der Waals surface area (Å²) in [6.45, 7) is 4.12. The number of aryl methyl sites for hydroxylation is 2. The number of nitrogens with zero attached hydrogens (tertiary/aromatic N) is 3. The number of fused-ring (bicyclic) bond motifs is 1. The maximum Gasteiger partial charge on any atom is 0.254 e. The highest BCUT2D eigenvalue weighted by Crippen LogP contribution is 2.22. The van der Waals surface area contributed by atoms with E-state index in [-0.39, 0.29) is 17.9 Å². The smallest absolute Gasteiger partial charge is 0.254 e. The summed E-state index contributed by atoms with van der Waals surface area (Å²) >= 11 is 1.58. The molecule has 0 unspecified atom stereocenters. The van der Waals surface area contributed by atoms with Crippen molar-refractivity contribution in [2.24, 2.45) is 0 Å². The molecule has 2 heterocycles. The number of para-hydroxylation sites is 1. The quantitative estimate of drug-likeness (QED) is 0.762. The minimum absolute atomic E-state index is 0.0412. The van der Waals surface area contributed by atoms with Crippen LogP contribution in [0, 0.1) is 6.92 Å². The van der Waals surface area contributed by atoms with Crippen LogP contribution < -0.4 is 5.56 Å². The number of aromatic amines is 1. The first kappa shape index (κ1) is 17.3. The van der Waals surface area contributed by atoms with Crippen LogP contribution in [0.4, 0.5) is 0 Å². The van der Waals surface area contributed by atoms with Crippen molar-refractivity contribution in [1.82, 2.24) is 19.9 Å². The van der Waals surface area contributed by atoms with E-state index in [2.05, 4.69) is 15.0 Å². The first-order chi connectivity index (χ1) is 12.0. The van der Waals surface area contributed by atoms with Crippen LogP contribution in [0.2, 0.25) is 0 Å². The fourth-order valence-corrected chi connectivity index (χ4v) is 3.63. The van der Waals surface area contributed by atoms with Crippen molar-refractivity contribution in [2.75, 3.05) is 7.05 Å². The fourth-order valence-electron chi connectivity index (χ4n) is 2.61. The van der Waals surface area contributed by atoms with Gasteiger partial charge in [-0.3, -0.25) is 9.59 Å². The third-order valence-electron chi connectivity index (χ3n) is 4.07. The summed E-state index contributed by atoms with van der Waals surface area (Å²) in [6, 6.07) is 7.90. The molecule has 0 fully saturated rings. The van der Waals surface area contributed by atoms with E-state index >= 15 is 0 Å². The van der Waals surface area contributed by atoms with Gasteiger partial charge in [-0.15, -0.1) is 11.3 Å². The highest BCUT2D eigenvalue weighted by molar-refractivity contribution is 7.18. The molecule has 2 aromatic heterocycles. The third-order valence-corrected chi connectivity index (χ3v) is 5.09. The second kappa shape index (κ2) is 7.14. The second-order valence-electron chi connectivity index (χ2n) is 5.93. The summed E-state index contributed by atoms with van der Waals surface area (Å²) in [5.74, 6) is 0.514. The zero-order chi connectivity index (χ0) is 18.0. The molecule has 3 aromatic rings. The van der Waals surface area contributed by atoms with Crippen molar-refractivity contribution >= 4 is 27.5 Å². The average molecular weight is 356 g/mol. The van der Waals surface area contributed by atoms with E-state index in [1.165, 1.54) is 0 Å². The molecular weight excluding hydrogens is 336 g/mol. The Labute approximate surface area is 149 Å². The standard InChI is InChI=1S/C18H20N4O2S/c1-4-15-19-11(2)12(18(24)21-15)9-17(23)22(3)10-16-20-13-7-5-6-8-14(13)25-16/h5-8H,4,9-10H2,1-3H3,(H,19,21,24). The number of aromatic nitrogens is 3. The third kappa shape index (κ3) is 3.76. The fraction of sp³-hybridized carbons (Fsp3) is 0.333. The molecule has 0 saturated carbocycles. The molecular formula is C18H20N4O2S. The van der Waals surface area contributed by atoms with Crippen molar-refractivity contribution in [1.29, 1.82) is 0 Å². The first-order valence-corrected chi connectivity index (χ1v) is 8.96. The molecule has 0 bridgehead atoms. The Bertz CT molecular complexity index is 944. The van der Waals surface area contributed by atoms with Crippen LogP contribution in [0.15, 0.2) is 29.1 Å². The van der Waals surface area contributed by atoms with Gasteiger partial charge in [0.1, 0.15) is 10.8 Å². The molecule has 6 nitrogen and oxygen atoms in total. The van der Waals surface area contributed by atoms with E-state index in [0.29, 0.717) is 30.0 Å². The Morgan fingerprint density at radius 2 is 2.04 bits per heavy atom. The predicted molar refractivity (Wildman–Crippen MR) is 98.8 cm³/mol. The van der Waals surface area contributed by atoms with Gasteiger partial charge in [0.25, 0.3) is 5.56 Å². The van der Waals surface area contributed by atoms with E-state index in [4.69, 9.17) is 0 Å². The van der Waals surface area contributed by atoms with Gasteiger partial charge in [0.15, 0.2) is 0 Å². The zero-order valence-electron chi connectivity index (χ0n) is 14.5. The number of carbonyl (C=O) groups excluding carboxylic acids is 1. The van der Waals surface area contributed by atoms with E-state index in [0.717, 1.165) is 15.2 Å². The monoisotopic (exact) mass is 356 g/mol. The molecule has 0 aliphatic rings. The lowest BCUT2D eigenvalue weighted by Crippen LogP contribution is -2.31. The molecule has 0 radical (unpaired) electrons. The molecule has 0 spiro atoms. The summed E-state index contributed by atoms with van der Waals surface area (Å²) in [5, 5.41) is 0.877.